The van der Waals surface area contributed by atoms with Gasteiger partial charge in [-0.05, 0) is 48.4 Å². The highest BCUT2D eigenvalue weighted by molar-refractivity contribution is 6.36. The van der Waals surface area contributed by atoms with Gasteiger partial charge in [0.1, 0.15) is 0 Å². The Kier molecular flexibility index (Phi) is 10.5. The molecule has 0 unspecified atom stereocenters. The quantitative estimate of drug-likeness (QED) is 0.202. The number of ether oxygens (including phenoxy) is 2. The lowest BCUT2D eigenvalue weighted by Crippen LogP contribution is -2.38. The number of hydrazone groups is 1. The van der Waals surface area contributed by atoms with Crippen LogP contribution in [0.15, 0.2) is 41.5 Å². The van der Waals surface area contributed by atoms with E-state index in [-0.39, 0.29) is 6.61 Å². The Labute approximate surface area is 201 Å². The number of nitrogens with zero attached hydrogens (tertiary/aromatic N) is 1. The number of halogens is 2. The molecule has 0 aliphatic rings. The Bertz CT molecular complexity index is 1030. The van der Waals surface area contributed by atoms with Gasteiger partial charge in [0, 0.05) is 11.6 Å². The van der Waals surface area contributed by atoms with E-state index in [0.717, 1.165) is 12.8 Å². The third kappa shape index (κ3) is 8.63. The summed E-state index contributed by atoms with van der Waals surface area (Å²) in [5.41, 5.74) is 3.14. The van der Waals surface area contributed by atoms with Gasteiger partial charge < -0.3 is 20.1 Å². The second-order valence-electron chi connectivity index (χ2n) is 6.68. The van der Waals surface area contributed by atoms with E-state index in [9.17, 15) is 14.4 Å². The van der Waals surface area contributed by atoms with Gasteiger partial charge in [-0.3, -0.25) is 14.4 Å². The van der Waals surface area contributed by atoms with Crippen LogP contribution in [-0.2, 0) is 14.4 Å². The fraction of sp³-hybridized carbons (Fsp3) is 0.273. The summed E-state index contributed by atoms with van der Waals surface area (Å²) in [6, 6.07) is 9.54. The maximum Gasteiger partial charge on any atom is 0.329 e. The van der Waals surface area contributed by atoms with Gasteiger partial charge in [0.25, 0.3) is 5.91 Å². The maximum absolute atomic E-state index is 12.2. The molecule has 0 saturated heterocycles. The minimum atomic E-state index is -0.860. The molecular weight excluding hydrogens is 471 g/mol. The molecule has 11 heteroatoms. The average molecular weight is 495 g/mol. The van der Waals surface area contributed by atoms with Crippen molar-refractivity contribution in [3.63, 3.8) is 0 Å². The second kappa shape index (κ2) is 13.3. The molecule has 0 bridgehead atoms. The number of anilines is 1. The number of rotatable bonds is 10. The molecule has 3 amide bonds. The van der Waals surface area contributed by atoms with E-state index in [1.54, 1.807) is 30.3 Å². The number of benzene rings is 2. The molecule has 0 saturated carbocycles. The summed E-state index contributed by atoms with van der Waals surface area (Å²) in [6.45, 7) is 2.12. The predicted octanol–water partition coefficient (Wildman–Crippen LogP) is 3.39. The van der Waals surface area contributed by atoms with Crippen molar-refractivity contribution in [2.75, 3.05) is 25.6 Å². The van der Waals surface area contributed by atoms with Crippen LogP contribution in [0.1, 0.15) is 25.3 Å². The number of hydrogen-bond donors (Lipinski definition) is 3. The van der Waals surface area contributed by atoms with Crippen molar-refractivity contribution in [2.24, 2.45) is 5.10 Å². The normalized spacial score (nSPS) is 10.5. The van der Waals surface area contributed by atoms with Crippen LogP contribution in [0.4, 0.5) is 5.69 Å². The molecule has 2 aromatic rings. The number of methoxy groups -OCH3 is 1. The molecule has 9 nitrogen and oxygen atoms in total. The third-order valence-corrected chi connectivity index (χ3v) is 4.70. The number of hydrogen-bond acceptors (Lipinski definition) is 6. The molecule has 0 heterocycles. The standard InChI is InChI=1S/C22H24Cl2N4O5/c1-3-4-9-25-21(30)22(31)28-26-12-14-5-8-18(19(10-14)32-2)33-13-20(29)27-17-7-6-15(23)11-16(17)24/h5-8,10-12H,3-4,9,13H2,1-2H3,(H,25,30)(H,27,29)(H,28,31)/b26-12-. The second-order valence-corrected chi connectivity index (χ2v) is 7.52. The predicted molar refractivity (Wildman–Crippen MR) is 127 cm³/mol. The van der Waals surface area contributed by atoms with E-state index < -0.39 is 17.7 Å². The Morgan fingerprint density at radius 2 is 1.85 bits per heavy atom. The molecule has 0 radical (unpaired) electrons. The Morgan fingerprint density at radius 1 is 1.06 bits per heavy atom. The Balaban J connectivity index is 1.90. The molecular formula is C22H24Cl2N4O5. The highest BCUT2D eigenvalue weighted by Gasteiger charge is 2.12. The summed E-state index contributed by atoms with van der Waals surface area (Å²) in [5, 5.41) is 9.65. The van der Waals surface area contributed by atoms with Gasteiger partial charge in [-0.25, -0.2) is 5.43 Å². The highest BCUT2D eigenvalue weighted by atomic mass is 35.5. The number of unbranched alkanes of at least 4 members (excludes halogenated alkanes) is 1. The number of amides is 3. The van der Waals surface area contributed by atoms with Gasteiger partial charge in [0.05, 0.1) is 24.0 Å². The minimum absolute atomic E-state index is 0.286. The Hall–Kier alpha value is -3.30. The van der Waals surface area contributed by atoms with Gasteiger partial charge in [0.2, 0.25) is 0 Å². The van der Waals surface area contributed by atoms with Crippen molar-refractivity contribution in [1.82, 2.24) is 10.7 Å². The van der Waals surface area contributed by atoms with Crippen LogP contribution >= 0.6 is 23.2 Å². The van der Waals surface area contributed by atoms with Crippen LogP contribution in [0.5, 0.6) is 11.5 Å². The molecule has 33 heavy (non-hydrogen) atoms. The van der Waals surface area contributed by atoms with Crippen LogP contribution in [0.2, 0.25) is 10.0 Å². The molecule has 0 atom stereocenters. The highest BCUT2D eigenvalue weighted by Crippen LogP contribution is 2.28. The first-order valence-electron chi connectivity index (χ1n) is 10.0. The lowest BCUT2D eigenvalue weighted by Gasteiger charge is -2.12. The summed E-state index contributed by atoms with van der Waals surface area (Å²) in [4.78, 5) is 35.5. The van der Waals surface area contributed by atoms with E-state index in [0.29, 0.717) is 39.3 Å². The monoisotopic (exact) mass is 494 g/mol. The largest absolute Gasteiger partial charge is 0.493 e. The topological polar surface area (TPSA) is 118 Å². The molecule has 0 aliphatic carbocycles. The van der Waals surface area contributed by atoms with Crippen LogP contribution in [0.25, 0.3) is 0 Å². The average Bonchev–Trinajstić information content (AvgIpc) is 2.79. The first-order valence-corrected chi connectivity index (χ1v) is 10.8. The fourth-order valence-electron chi connectivity index (χ4n) is 2.48. The first-order chi connectivity index (χ1) is 15.8. The smallest absolute Gasteiger partial charge is 0.329 e. The summed E-state index contributed by atoms with van der Waals surface area (Å²) < 4.78 is 10.8. The van der Waals surface area contributed by atoms with Gasteiger partial charge in [-0.2, -0.15) is 5.10 Å². The van der Waals surface area contributed by atoms with Gasteiger partial charge >= 0.3 is 11.8 Å². The van der Waals surface area contributed by atoms with Gasteiger partial charge in [0.15, 0.2) is 18.1 Å². The fourth-order valence-corrected chi connectivity index (χ4v) is 2.94. The van der Waals surface area contributed by atoms with Crippen molar-refractivity contribution < 1.29 is 23.9 Å². The van der Waals surface area contributed by atoms with E-state index in [4.69, 9.17) is 32.7 Å². The van der Waals surface area contributed by atoms with E-state index in [1.165, 1.54) is 19.4 Å². The Morgan fingerprint density at radius 3 is 2.55 bits per heavy atom. The van der Waals surface area contributed by atoms with Crippen LogP contribution in [0.3, 0.4) is 0 Å². The molecule has 2 aromatic carbocycles. The van der Waals surface area contributed by atoms with Crippen molar-refractivity contribution >= 4 is 52.8 Å². The number of carbonyl (C=O) groups excluding carboxylic acids is 3. The number of carbonyl (C=O) groups is 3. The van der Waals surface area contributed by atoms with E-state index in [2.05, 4.69) is 21.2 Å². The first kappa shape index (κ1) is 26.0. The molecule has 3 N–H and O–H groups in total. The summed E-state index contributed by atoms with van der Waals surface area (Å²) in [5.74, 6) is -1.36. The summed E-state index contributed by atoms with van der Waals surface area (Å²) >= 11 is 11.9. The van der Waals surface area contributed by atoms with E-state index in [1.807, 2.05) is 6.92 Å². The van der Waals surface area contributed by atoms with Gasteiger partial charge in [-0.1, -0.05) is 36.5 Å². The molecule has 176 valence electrons. The zero-order chi connectivity index (χ0) is 24.2. The lowest BCUT2D eigenvalue weighted by atomic mass is 10.2. The van der Waals surface area contributed by atoms with Crippen molar-refractivity contribution in [3.05, 3.63) is 52.0 Å². The van der Waals surface area contributed by atoms with E-state index >= 15 is 0 Å². The number of nitrogens with one attached hydrogen (secondary N) is 3. The SMILES string of the molecule is CCCCNC(=O)C(=O)N/N=C\c1ccc(OCC(=O)Nc2ccc(Cl)cc2Cl)c(OC)c1. The molecule has 0 spiro atoms. The maximum atomic E-state index is 12.2. The van der Waals surface area contributed by atoms with Gasteiger partial charge in [-0.15, -0.1) is 0 Å². The molecule has 0 aromatic heterocycles. The van der Waals surface area contributed by atoms with Crippen molar-refractivity contribution in [3.8, 4) is 11.5 Å². The molecule has 0 aliphatic heterocycles. The minimum Gasteiger partial charge on any atom is -0.493 e. The zero-order valence-corrected chi connectivity index (χ0v) is 19.6. The van der Waals surface area contributed by atoms with Crippen LogP contribution in [0, 0.1) is 0 Å². The summed E-state index contributed by atoms with van der Waals surface area (Å²) in [7, 11) is 1.44. The van der Waals surface area contributed by atoms with Crippen LogP contribution < -0.4 is 25.5 Å². The molecule has 2 rings (SSSR count). The van der Waals surface area contributed by atoms with Crippen molar-refractivity contribution in [2.45, 2.75) is 19.8 Å². The van der Waals surface area contributed by atoms with Crippen LogP contribution in [-0.4, -0.2) is 44.2 Å². The molecule has 0 fully saturated rings. The zero-order valence-electron chi connectivity index (χ0n) is 18.1. The summed E-state index contributed by atoms with van der Waals surface area (Å²) in [6.07, 6.45) is 3.04. The van der Waals surface area contributed by atoms with Crippen molar-refractivity contribution in [1.29, 1.82) is 0 Å². The lowest BCUT2D eigenvalue weighted by molar-refractivity contribution is -0.139. The third-order valence-electron chi connectivity index (χ3n) is 4.15.